The summed E-state index contributed by atoms with van der Waals surface area (Å²) in [5, 5.41) is 3.68. The molecule has 0 spiro atoms. The second-order valence-corrected chi connectivity index (χ2v) is 5.95. The number of anilines is 1. The maximum atomic E-state index is 6.04. The van der Waals surface area contributed by atoms with Crippen LogP contribution in [0.4, 0.5) is 5.69 Å². The molecule has 0 saturated heterocycles. The van der Waals surface area contributed by atoms with Gasteiger partial charge in [-0.05, 0) is 53.4 Å². The van der Waals surface area contributed by atoms with Crippen molar-refractivity contribution in [1.29, 1.82) is 0 Å². The summed E-state index contributed by atoms with van der Waals surface area (Å²) in [5.41, 5.74) is 8.48. The van der Waals surface area contributed by atoms with Crippen LogP contribution >= 0.6 is 15.9 Å². The first kappa shape index (κ1) is 15.5. The van der Waals surface area contributed by atoms with E-state index in [9.17, 15) is 0 Å². The maximum Gasteiger partial charge on any atom is 0.0495 e. The Balaban J connectivity index is 2.97. The second kappa shape index (κ2) is 7.15. The van der Waals surface area contributed by atoms with Crippen molar-refractivity contribution >= 4 is 21.6 Å². The van der Waals surface area contributed by atoms with Crippen LogP contribution in [0.5, 0.6) is 0 Å². The van der Waals surface area contributed by atoms with Gasteiger partial charge in [0.2, 0.25) is 0 Å². The van der Waals surface area contributed by atoms with Crippen LogP contribution in [0, 0.1) is 6.92 Å². The van der Waals surface area contributed by atoms with Gasteiger partial charge in [0.1, 0.15) is 0 Å². The lowest BCUT2D eigenvalue weighted by molar-refractivity contribution is 0.401. The number of hydrogen-bond donors (Lipinski definition) is 2. The van der Waals surface area contributed by atoms with Gasteiger partial charge in [0, 0.05) is 22.2 Å². The molecule has 0 amide bonds. The van der Waals surface area contributed by atoms with E-state index in [0.717, 1.165) is 35.8 Å². The lowest BCUT2D eigenvalue weighted by Gasteiger charge is -2.35. The van der Waals surface area contributed by atoms with Gasteiger partial charge in [-0.2, -0.15) is 0 Å². The first-order valence-electron chi connectivity index (χ1n) is 6.81. The van der Waals surface area contributed by atoms with E-state index in [4.69, 9.17) is 5.73 Å². The normalized spacial score (nSPS) is 11.6. The number of rotatable bonds is 7. The van der Waals surface area contributed by atoms with Crippen LogP contribution in [0.1, 0.15) is 45.1 Å². The molecule has 0 fully saturated rings. The van der Waals surface area contributed by atoms with Crippen LogP contribution in [0.15, 0.2) is 22.7 Å². The van der Waals surface area contributed by atoms with Crippen LogP contribution in [0.25, 0.3) is 0 Å². The van der Waals surface area contributed by atoms with Gasteiger partial charge in [-0.1, -0.05) is 32.8 Å². The van der Waals surface area contributed by atoms with Crippen LogP contribution in [0.3, 0.4) is 0 Å². The maximum absolute atomic E-state index is 6.04. The summed E-state index contributed by atoms with van der Waals surface area (Å²) in [7, 11) is 0. The van der Waals surface area contributed by atoms with Gasteiger partial charge in [-0.3, -0.25) is 0 Å². The predicted molar refractivity (Wildman–Crippen MR) is 84.1 cm³/mol. The highest BCUT2D eigenvalue weighted by atomic mass is 79.9. The summed E-state index contributed by atoms with van der Waals surface area (Å²) < 4.78 is 1.11. The van der Waals surface area contributed by atoms with Crippen molar-refractivity contribution in [3.05, 3.63) is 28.2 Å². The Labute approximate surface area is 119 Å². The third-order valence-corrected chi connectivity index (χ3v) is 4.06. The van der Waals surface area contributed by atoms with Crippen LogP contribution in [-0.2, 0) is 0 Å². The van der Waals surface area contributed by atoms with Crippen LogP contribution < -0.4 is 11.1 Å². The zero-order valence-electron chi connectivity index (χ0n) is 11.7. The number of nitrogens with two attached hydrogens (primary N) is 1. The summed E-state index contributed by atoms with van der Waals surface area (Å²) in [6.45, 7) is 7.22. The number of hydrogen-bond acceptors (Lipinski definition) is 2. The minimum Gasteiger partial charge on any atom is -0.377 e. The van der Waals surface area contributed by atoms with Gasteiger partial charge in [-0.25, -0.2) is 0 Å². The summed E-state index contributed by atoms with van der Waals surface area (Å²) in [6.07, 6.45) is 4.51. The molecule has 0 atom stereocenters. The molecule has 0 aliphatic rings. The predicted octanol–water partition coefficient (Wildman–Crippen LogP) is 4.47. The molecule has 0 aliphatic carbocycles. The van der Waals surface area contributed by atoms with Crippen LogP contribution in [-0.4, -0.2) is 12.1 Å². The van der Waals surface area contributed by atoms with E-state index in [1.807, 2.05) is 0 Å². The molecule has 3 N–H and O–H groups in total. The molecule has 0 aliphatic heterocycles. The molecular formula is C15H25BrN2. The lowest BCUT2D eigenvalue weighted by atomic mass is 9.88. The minimum atomic E-state index is 0.0276. The van der Waals surface area contributed by atoms with Gasteiger partial charge < -0.3 is 11.1 Å². The number of aryl methyl sites for hydroxylation is 1. The van der Waals surface area contributed by atoms with E-state index in [1.54, 1.807) is 0 Å². The van der Waals surface area contributed by atoms with Crippen molar-refractivity contribution in [3.63, 3.8) is 0 Å². The molecule has 0 heterocycles. The molecule has 0 unspecified atom stereocenters. The average Bonchev–Trinajstić information content (AvgIpc) is 2.34. The number of benzene rings is 1. The third kappa shape index (κ3) is 3.99. The van der Waals surface area contributed by atoms with E-state index in [1.165, 1.54) is 5.56 Å². The van der Waals surface area contributed by atoms with E-state index >= 15 is 0 Å². The van der Waals surface area contributed by atoms with Gasteiger partial charge in [-0.15, -0.1) is 0 Å². The summed E-state index contributed by atoms with van der Waals surface area (Å²) in [4.78, 5) is 0. The van der Waals surface area contributed by atoms with Crippen LogP contribution in [0.2, 0.25) is 0 Å². The van der Waals surface area contributed by atoms with Gasteiger partial charge in [0.25, 0.3) is 0 Å². The molecule has 3 heteroatoms. The molecule has 0 aromatic heterocycles. The van der Waals surface area contributed by atoms with Crippen molar-refractivity contribution in [2.45, 2.75) is 52.0 Å². The minimum absolute atomic E-state index is 0.0276. The largest absolute Gasteiger partial charge is 0.377 e. The Kier molecular flexibility index (Phi) is 6.16. The van der Waals surface area contributed by atoms with E-state index in [2.05, 4.69) is 60.2 Å². The fourth-order valence-electron chi connectivity index (χ4n) is 2.48. The molecule has 18 heavy (non-hydrogen) atoms. The van der Waals surface area contributed by atoms with Crippen molar-refractivity contribution in [3.8, 4) is 0 Å². The van der Waals surface area contributed by atoms with E-state index in [-0.39, 0.29) is 5.54 Å². The third-order valence-electron chi connectivity index (χ3n) is 3.37. The monoisotopic (exact) mass is 312 g/mol. The molecule has 0 radical (unpaired) electrons. The molecule has 1 rings (SSSR count). The fourth-order valence-corrected chi connectivity index (χ4v) is 2.83. The summed E-state index contributed by atoms with van der Waals surface area (Å²) >= 11 is 3.61. The summed E-state index contributed by atoms with van der Waals surface area (Å²) in [5.74, 6) is 0. The van der Waals surface area contributed by atoms with Crippen molar-refractivity contribution in [2.24, 2.45) is 5.73 Å². The highest BCUT2D eigenvalue weighted by Crippen LogP contribution is 2.30. The quantitative estimate of drug-likeness (QED) is 0.779. The SMILES string of the molecule is CCCC(CN)(CCC)Nc1cc(C)ccc1Br. The molecule has 2 nitrogen and oxygen atoms in total. The molecule has 102 valence electrons. The molecule has 0 saturated carbocycles. The smallest absolute Gasteiger partial charge is 0.0495 e. The lowest BCUT2D eigenvalue weighted by Crippen LogP contribution is -2.45. The molecule has 0 bridgehead atoms. The average molecular weight is 313 g/mol. The summed E-state index contributed by atoms with van der Waals surface area (Å²) in [6, 6.07) is 6.38. The Bertz CT molecular complexity index is 371. The van der Waals surface area contributed by atoms with Crippen molar-refractivity contribution in [2.75, 3.05) is 11.9 Å². The topological polar surface area (TPSA) is 38.0 Å². The standard InChI is InChI=1S/C15H25BrN2/c1-4-8-15(11-17,9-5-2)18-14-10-12(3)6-7-13(14)16/h6-7,10,18H,4-5,8-9,11,17H2,1-3H3. The van der Waals surface area contributed by atoms with E-state index in [0.29, 0.717) is 6.54 Å². The van der Waals surface area contributed by atoms with Gasteiger partial charge >= 0.3 is 0 Å². The molecular weight excluding hydrogens is 288 g/mol. The van der Waals surface area contributed by atoms with E-state index < -0.39 is 0 Å². The Hall–Kier alpha value is -0.540. The fraction of sp³-hybridized carbons (Fsp3) is 0.600. The highest BCUT2D eigenvalue weighted by Gasteiger charge is 2.26. The second-order valence-electron chi connectivity index (χ2n) is 5.09. The Morgan fingerprint density at radius 1 is 1.22 bits per heavy atom. The highest BCUT2D eigenvalue weighted by molar-refractivity contribution is 9.10. The number of halogens is 1. The first-order chi connectivity index (χ1) is 8.56. The molecule has 1 aromatic rings. The zero-order chi connectivity index (χ0) is 13.6. The molecule has 1 aromatic carbocycles. The Morgan fingerprint density at radius 2 is 1.83 bits per heavy atom. The zero-order valence-corrected chi connectivity index (χ0v) is 13.3. The number of nitrogens with one attached hydrogen (secondary N) is 1. The van der Waals surface area contributed by atoms with Crippen molar-refractivity contribution < 1.29 is 0 Å². The van der Waals surface area contributed by atoms with Crippen molar-refractivity contribution in [1.82, 2.24) is 0 Å². The van der Waals surface area contributed by atoms with Gasteiger partial charge in [0.05, 0.1) is 0 Å². The van der Waals surface area contributed by atoms with Gasteiger partial charge in [0.15, 0.2) is 0 Å². The Morgan fingerprint density at radius 3 is 2.33 bits per heavy atom. The first-order valence-corrected chi connectivity index (χ1v) is 7.60.